The van der Waals surface area contributed by atoms with Gasteiger partial charge in [0.05, 0.1) is 17.6 Å². The van der Waals surface area contributed by atoms with Crippen LogP contribution in [0.2, 0.25) is 0 Å². The molecule has 5 rings (SSSR count). The van der Waals surface area contributed by atoms with Gasteiger partial charge in [-0.15, -0.1) is 0 Å². The molecule has 2 aliphatic carbocycles. The van der Waals surface area contributed by atoms with Crippen molar-refractivity contribution in [3.8, 4) is 0 Å². The van der Waals surface area contributed by atoms with Crippen LogP contribution in [0.5, 0.6) is 0 Å². The van der Waals surface area contributed by atoms with Crippen LogP contribution in [0.3, 0.4) is 0 Å². The summed E-state index contributed by atoms with van der Waals surface area (Å²) in [4.78, 5) is 31.2. The van der Waals surface area contributed by atoms with Crippen molar-refractivity contribution in [1.82, 2.24) is 14.9 Å². The topological polar surface area (TPSA) is 82.5 Å². The van der Waals surface area contributed by atoms with E-state index < -0.39 is 12.1 Å². The second-order valence-corrected chi connectivity index (χ2v) is 11.6. The fraction of sp³-hybridized carbons (Fsp3) is 0.545. The van der Waals surface area contributed by atoms with Crippen LogP contribution >= 0.6 is 0 Å². The van der Waals surface area contributed by atoms with Crippen molar-refractivity contribution >= 4 is 22.9 Å². The summed E-state index contributed by atoms with van der Waals surface area (Å²) in [6.07, 6.45) is 8.60. The maximum absolute atomic E-state index is 14.4. The molecule has 2 aromatic carbocycles. The molecule has 3 aromatic rings. The first-order valence-electron chi connectivity index (χ1n) is 15.2. The summed E-state index contributed by atoms with van der Waals surface area (Å²) in [7, 11) is 1.65. The fourth-order valence-corrected chi connectivity index (χ4v) is 6.83. The molecule has 8 heteroatoms. The Balaban J connectivity index is 1.47. The summed E-state index contributed by atoms with van der Waals surface area (Å²) in [5.41, 5.74) is 2.18. The van der Waals surface area contributed by atoms with Crippen molar-refractivity contribution < 1.29 is 23.5 Å². The lowest BCUT2D eigenvalue weighted by Gasteiger charge is -2.35. The number of carbonyl (C=O) groups is 2. The number of methoxy groups -OCH3 is 1. The molecule has 2 aliphatic rings. The second kappa shape index (κ2) is 13.6. The van der Waals surface area contributed by atoms with E-state index >= 15 is 0 Å². The van der Waals surface area contributed by atoms with Gasteiger partial charge in [0.25, 0.3) is 0 Å². The maximum Gasteiger partial charge on any atom is 0.306 e. The molecule has 2 fully saturated rings. The highest BCUT2D eigenvalue weighted by Crippen LogP contribution is 2.39. The van der Waals surface area contributed by atoms with Gasteiger partial charge in [-0.3, -0.25) is 9.59 Å². The van der Waals surface area contributed by atoms with Crippen LogP contribution in [-0.2, 0) is 19.1 Å². The average Bonchev–Trinajstić information content (AvgIpc) is 3.33. The normalized spacial score (nSPS) is 21.3. The first-order valence-corrected chi connectivity index (χ1v) is 15.2. The lowest BCUT2D eigenvalue weighted by atomic mass is 9.82. The molecule has 1 aromatic heterocycles. The fourth-order valence-electron chi connectivity index (χ4n) is 6.83. The van der Waals surface area contributed by atoms with E-state index in [0.29, 0.717) is 30.3 Å². The summed E-state index contributed by atoms with van der Waals surface area (Å²) >= 11 is 0. The number of imidazole rings is 1. The van der Waals surface area contributed by atoms with E-state index in [9.17, 15) is 14.0 Å². The zero-order valence-electron chi connectivity index (χ0n) is 24.2. The number of rotatable bonds is 10. The van der Waals surface area contributed by atoms with Gasteiger partial charge in [0.2, 0.25) is 5.91 Å². The third-order valence-corrected chi connectivity index (χ3v) is 8.85. The molecule has 1 unspecified atom stereocenters. The molecule has 0 radical (unpaired) electrons. The van der Waals surface area contributed by atoms with Gasteiger partial charge in [-0.25, -0.2) is 9.37 Å². The number of aromatic nitrogens is 2. The molecule has 2 atom stereocenters. The number of esters is 1. The SMILES string of the molecule is CCOC(=O)CC1CCC(NC(=O)C(C2CCCCC2)n2c([C@H](OC)c3ccccc3)nc3cc(F)ccc32)CC1. The minimum absolute atomic E-state index is 0.0152. The van der Waals surface area contributed by atoms with E-state index in [1.54, 1.807) is 13.2 Å². The third-order valence-electron chi connectivity index (χ3n) is 8.85. The zero-order chi connectivity index (χ0) is 28.8. The summed E-state index contributed by atoms with van der Waals surface area (Å²) in [5.74, 6) is 0.531. The van der Waals surface area contributed by atoms with Crippen molar-refractivity contribution in [3.05, 3.63) is 65.7 Å². The molecule has 7 nitrogen and oxygen atoms in total. The van der Waals surface area contributed by atoms with Gasteiger partial charge in [0.15, 0.2) is 0 Å². The number of benzene rings is 2. The zero-order valence-corrected chi connectivity index (χ0v) is 24.2. The Morgan fingerprint density at radius 1 is 1.02 bits per heavy atom. The summed E-state index contributed by atoms with van der Waals surface area (Å²) in [5, 5.41) is 3.38. The van der Waals surface area contributed by atoms with Gasteiger partial charge < -0.3 is 19.4 Å². The van der Waals surface area contributed by atoms with Gasteiger partial charge >= 0.3 is 5.97 Å². The molecular formula is C33H42FN3O4. The Morgan fingerprint density at radius 2 is 1.76 bits per heavy atom. The van der Waals surface area contributed by atoms with Gasteiger partial charge in [-0.05, 0) is 75.0 Å². The Hall–Kier alpha value is -3.26. The number of nitrogens with zero attached hydrogens (tertiary/aromatic N) is 2. The highest BCUT2D eigenvalue weighted by atomic mass is 19.1. The lowest BCUT2D eigenvalue weighted by Crippen LogP contribution is -2.44. The number of amides is 1. The Labute approximate surface area is 241 Å². The van der Waals surface area contributed by atoms with Crippen molar-refractivity contribution in [3.63, 3.8) is 0 Å². The van der Waals surface area contributed by atoms with Crippen LogP contribution in [0, 0.1) is 17.7 Å². The average molecular weight is 564 g/mol. The van der Waals surface area contributed by atoms with E-state index in [2.05, 4.69) is 5.32 Å². The summed E-state index contributed by atoms with van der Waals surface area (Å²) < 4.78 is 27.6. The first kappa shape index (κ1) is 29.2. The molecule has 41 heavy (non-hydrogen) atoms. The van der Waals surface area contributed by atoms with Crippen LogP contribution in [0.1, 0.15) is 94.7 Å². The number of hydrogen-bond donors (Lipinski definition) is 1. The van der Waals surface area contributed by atoms with Crippen molar-refractivity contribution in [2.45, 2.75) is 89.3 Å². The number of nitrogens with one attached hydrogen (secondary N) is 1. The van der Waals surface area contributed by atoms with Gasteiger partial charge in [-0.2, -0.15) is 0 Å². The van der Waals surface area contributed by atoms with Crippen molar-refractivity contribution in [1.29, 1.82) is 0 Å². The van der Waals surface area contributed by atoms with E-state index in [0.717, 1.165) is 62.4 Å². The highest BCUT2D eigenvalue weighted by molar-refractivity contribution is 5.85. The van der Waals surface area contributed by atoms with Gasteiger partial charge in [0.1, 0.15) is 23.8 Å². The second-order valence-electron chi connectivity index (χ2n) is 11.6. The van der Waals surface area contributed by atoms with Gasteiger partial charge in [-0.1, -0.05) is 49.6 Å². The maximum atomic E-state index is 14.4. The minimum atomic E-state index is -0.510. The molecule has 0 saturated heterocycles. The predicted molar refractivity (Wildman–Crippen MR) is 156 cm³/mol. The quantitative estimate of drug-likeness (QED) is 0.279. The molecule has 1 amide bonds. The number of fused-ring (bicyclic) bond motifs is 1. The largest absolute Gasteiger partial charge is 0.466 e. The molecule has 1 N–H and O–H groups in total. The van der Waals surface area contributed by atoms with E-state index in [1.165, 1.54) is 18.6 Å². The summed E-state index contributed by atoms with van der Waals surface area (Å²) in [6, 6.07) is 14.0. The molecule has 220 valence electrons. The van der Waals surface area contributed by atoms with Crippen LogP contribution in [0.4, 0.5) is 4.39 Å². The molecular weight excluding hydrogens is 521 g/mol. The number of hydrogen-bond acceptors (Lipinski definition) is 5. The monoisotopic (exact) mass is 563 g/mol. The van der Waals surface area contributed by atoms with E-state index in [-0.39, 0.29) is 29.7 Å². The smallest absolute Gasteiger partial charge is 0.306 e. The Kier molecular flexibility index (Phi) is 9.70. The third kappa shape index (κ3) is 6.80. The number of carbonyl (C=O) groups excluding carboxylic acids is 2. The van der Waals surface area contributed by atoms with E-state index in [4.69, 9.17) is 14.5 Å². The van der Waals surface area contributed by atoms with Crippen LogP contribution < -0.4 is 5.32 Å². The highest BCUT2D eigenvalue weighted by Gasteiger charge is 2.37. The molecule has 0 aliphatic heterocycles. The van der Waals surface area contributed by atoms with Crippen molar-refractivity contribution in [2.24, 2.45) is 11.8 Å². The Morgan fingerprint density at radius 3 is 2.44 bits per heavy atom. The standard InChI is InChI=1S/C33H42FN3O4/c1-3-41-29(38)20-22-14-17-26(18-15-22)35-33(39)30(23-10-6-4-7-11-23)37-28-19-16-25(34)21-27(28)36-32(37)31(40-2)24-12-8-5-9-13-24/h5,8-9,12-13,16,19,21-23,26,30-31H,3-4,6-7,10-11,14-15,17-18,20H2,1-2H3,(H,35,39)/t22?,26?,30?,31-/m1/s1. The number of halogens is 1. The minimum Gasteiger partial charge on any atom is -0.466 e. The first-order chi connectivity index (χ1) is 20.0. The Bertz CT molecular complexity index is 1310. The molecule has 0 spiro atoms. The van der Waals surface area contributed by atoms with E-state index in [1.807, 2.05) is 41.8 Å². The molecule has 1 heterocycles. The molecule has 2 saturated carbocycles. The predicted octanol–water partition coefficient (Wildman–Crippen LogP) is 6.66. The van der Waals surface area contributed by atoms with Gasteiger partial charge in [0, 0.05) is 25.6 Å². The lowest BCUT2D eigenvalue weighted by molar-refractivity contribution is -0.144. The van der Waals surface area contributed by atoms with Crippen LogP contribution in [0.25, 0.3) is 11.0 Å². The van der Waals surface area contributed by atoms with Crippen LogP contribution in [0.15, 0.2) is 48.5 Å². The summed E-state index contributed by atoms with van der Waals surface area (Å²) in [6.45, 7) is 2.23. The van der Waals surface area contributed by atoms with Crippen LogP contribution in [-0.4, -0.2) is 41.2 Å². The number of ether oxygens (including phenoxy) is 2. The molecule has 0 bridgehead atoms. The van der Waals surface area contributed by atoms with Crippen molar-refractivity contribution in [2.75, 3.05) is 13.7 Å².